The average Bonchev–Trinajstić information content (AvgIpc) is 2.26. The summed E-state index contributed by atoms with van der Waals surface area (Å²) >= 11 is 0. The molecule has 0 aliphatic heterocycles. The lowest BCUT2D eigenvalue weighted by atomic mass is 9.97. The first-order chi connectivity index (χ1) is 8.04. The number of rotatable bonds is 5. The number of benzene rings is 1. The molecule has 0 radical (unpaired) electrons. The highest BCUT2D eigenvalue weighted by Crippen LogP contribution is 2.16. The maximum Gasteiger partial charge on any atom is 0.319 e. The van der Waals surface area contributed by atoms with Crippen LogP contribution in [-0.4, -0.2) is 26.2 Å². The third-order valence-corrected chi connectivity index (χ3v) is 2.89. The molecular weight excluding hydrogens is 214 g/mol. The van der Waals surface area contributed by atoms with Crippen LogP contribution in [0.1, 0.15) is 22.3 Å². The molecule has 0 bridgehead atoms. The van der Waals surface area contributed by atoms with E-state index in [-0.39, 0.29) is 12.5 Å². The quantitative estimate of drug-likeness (QED) is 0.626. The van der Waals surface area contributed by atoms with E-state index in [9.17, 15) is 4.79 Å². The Hall–Kier alpha value is -1.35. The molecule has 1 N–H and O–H groups in total. The van der Waals surface area contributed by atoms with Crippen molar-refractivity contribution in [2.75, 3.05) is 20.2 Å². The van der Waals surface area contributed by atoms with Crippen molar-refractivity contribution < 1.29 is 9.53 Å². The molecule has 0 atom stereocenters. The molecule has 0 aromatic heterocycles. The van der Waals surface area contributed by atoms with Crippen LogP contribution >= 0.6 is 0 Å². The fourth-order valence-corrected chi connectivity index (χ4v) is 2.08. The largest absolute Gasteiger partial charge is 0.468 e. The molecule has 0 saturated heterocycles. The van der Waals surface area contributed by atoms with Gasteiger partial charge in [0, 0.05) is 0 Å². The van der Waals surface area contributed by atoms with E-state index in [1.54, 1.807) is 0 Å². The summed E-state index contributed by atoms with van der Waals surface area (Å²) in [7, 11) is 1.40. The highest BCUT2D eigenvalue weighted by molar-refractivity contribution is 5.71. The zero-order chi connectivity index (χ0) is 12.8. The van der Waals surface area contributed by atoms with Crippen molar-refractivity contribution in [3.8, 4) is 0 Å². The predicted molar refractivity (Wildman–Crippen MR) is 69.2 cm³/mol. The summed E-state index contributed by atoms with van der Waals surface area (Å²) < 4.78 is 4.56. The number of hydrogen-bond acceptors (Lipinski definition) is 3. The molecule has 94 valence electrons. The van der Waals surface area contributed by atoms with Gasteiger partial charge in [-0.2, -0.15) is 0 Å². The first-order valence-corrected chi connectivity index (χ1v) is 5.89. The number of nitrogens with one attached hydrogen (secondary N) is 1. The van der Waals surface area contributed by atoms with Gasteiger partial charge in [0.15, 0.2) is 0 Å². The molecule has 3 heteroatoms. The minimum atomic E-state index is -0.220. The Morgan fingerprint density at radius 1 is 1.24 bits per heavy atom. The van der Waals surface area contributed by atoms with Crippen LogP contribution in [-0.2, 0) is 16.0 Å². The Balaban J connectivity index is 2.50. The van der Waals surface area contributed by atoms with Gasteiger partial charge in [0.05, 0.1) is 13.7 Å². The van der Waals surface area contributed by atoms with Crippen LogP contribution in [0.4, 0.5) is 0 Å². The van der Waals surface area contributed by atoms with Crippen molar-refractivity contribution in [1.29, 1.82) is 0 Å². The van der Waals surface area contributed by atoms with E-state index < -0.39 is 0 Å². The van der Waals surface area contributed by atoms with Crippen molar-refractivity contribution in [3.63, 3.8) is 0 Å². The molecule has 0 amide bonds. The monoisotopic (exact) mass is 235 g/mol. The Morgan fingerprint density at radius 3 is 2.35 bits per heavy atom. The molecular formula is C14H21NO2. The maximum absolute atomic E-state index is 10.9. The van der Waals surface area contributed by atoms with Crippen LogP contribution in [0.25, 0.3) is 0 Å². The molecule has 1 rings (SSSR count). The molecule has 0 aliphatic carbocycles. The van der Waals surface area contributed by atoms with Gasteiger partial charge >= 0.3 is 5.97 Å². The third-order valence-electron chi connectivity index (χ3n) is 2.89. The molecule has 0 saturated carbocycles. The predicted octanol–water partition coefficient (Wildman–Crippen LogP) is 1.92. The number of ether oxygens (including phenoxy) is 1. The van der Waals surface area contributed by atoms with Gasteiger partial charge in [-0.3, -0.25) is 4.79 Å². The van der Waals surface area contributed by atoms with Crippen LogP contribution in [0.15, 0.2) is 12.1 Å². The van der Waals surface area contributed by atoms with Gasteiger partial charge in [-0.25, -0.2) is 0 Å². The smallest absolute Gasteiger partial charge is 0.319 e. The van der Waals surface area contributed by atoms with Crippen molar-refractivity contribution >= 4 is 5.97 Å². The zero-order valence-corrected chi connectivity index (χ0v) is 11.1. The van der Waals surface area contributed by atoms with Crippen molar-refractivity contribution in [2.24, 2.45) is 0 Å². The molecule has 0 aliphatic rings. The molecule has 0 unspecified atom stereocenters. The average molecular weight is 235 g/mol. The number of aryl methyl sites for hydroxylation is 3. The highest BCUT2D eigenvalue weighted by atomic mass is 16.5. The van der Waals surface area contributed by atoms with Gasteiger partial charge in [-0.1, -0.05) is 17.7 Å². The summed E-state index contributed by atoms with van der Waals surface area (Å²) in [6, 6.07) is 4.39. The van der Waals surface area contributed by atoms with Gasteiger partial charge < -0.3 is 10.1 Å². The Kier molecular flexibility index (Phi) is 5.16. The van der Waals surface area contributed by atoms with E-state index in [4.69, 9.17) is 0 Å². The van der Waals surface area contributed by atoms with Gasteiger partial charge in [-0.05, 0) is 50.4 Å². The van der Waals surface area contributed by atoms with Crippen LogP contribution < -0.4 is 5.32 Å². The molecule has 3 nitrogen and oxygen atoms in total. The summed E-state index contributed by atoms with van der Waals surface area (Å²) in [6.45, 7) is 7.45. The standard InChI is InChI=1S/C14H21NO2/c1-10-7-11(2)13(12(3)8-10)5-6-15-9-14(16)17-4/h7-8,15H,5-6,9H2,1-4H3. The second kappa shape index (κ2) is 6.40. The fourth-order valence-electron chi connectivity index (χ4n) is 2.08. The first kappa shape index (κ1) is 13.7. The third kappa shape index (κ3) is 4.19. The lowest BCUT2D eigenvalue weighted by Crippen LogP contribution is -2.26. The fraction of sp³-hybridized carbons (Fsp3) is 0.500. The number of methoxy groups -OCH3 is 1. The van der Waals surface area contributed by atoms with Crippen LogP contribution in [0, 0.1) is 20.8 Å². The summed E-state index contributed by atoms with van der Waals surface area (Å²) in [5.74, 6) is -0.220. The van der Waals surface area contributed by atoms with Crippen LogP contribution in [0.2, 0.25) is 0 Å². The van der Waals surface area contributed by atoms with Crippen molar-refractivity contribution in [2.45, 2.75) is 27.2 Å². The summed E-state index contributed by atoms with van der Waals surface area (Å²) in [5.41, 5.74) is 5.31. The topological polar surface area (TPSA) is 38.3 Å². The minimum absolute atomic E-state index is 0.220. The number of carbonyl (C=O) groups excluding carboxylic acids is 1. The van der Waals surface area contributed by atoms with Gasteiger partial charge in [0.1, 0.15) is 0 Å². The number of carbonyl (C=O) groups is 1. The second-order valence-corrected chi connectivity index (χ2v) is 4.38. The first-order valence-electron chi connectivity index (χ1n) is 5.89. The van der Waals surface area contributed by atoms with Gasteiger partial charge in [-0.15, -0.1) is 0 Å². The van der Waals surface area contributed by atoms with Gasteiger partial charge in [0.25, 0.3) is 0 Å². The normalized spacial score (nSPS) is 10.4. The molecule has 1 aromatic carbocycles. The van der Waals surface area contributed by atoms with Gasteiger partial charge in [0.2, 0.25) is 0 Å². The molecule has 0 spiro atoms. The second-order valence-electron chi connectivity index (χ2n) is 4.38. The minimum Gasteiger partial charge on any atom is -0.468 e. The molecule has 0 heterocycles. The van der Waals surface area contributed by atoms with E-state index in [0.29, 0.717) is 0 Å². The Labute approximate surface area is 103 Å². The highest BCUT2D eigenvalue weighted by Gasteiger charge is 2.04. The van der Waals surface area contributed by atoms with Crippen LogP contribution in [0.5, 0.6) is 0 Å². The Morgan fingerprint density at radius 2 is 1.82 bits per heavy atom. The molecule has 1 aromatic rings. The lowest BCUT2D eigenvalue weighted by molar-refractivity contribution is -0.139. The van der Waals surface area contributed by atoms with E-state index >= 15 is 0 Å². The van der Waals surface area contributed by atoms with E-state index in [0.717, 1.165) is 13.0 Å². The van der Waals surface area contributed by atoms with Crippen molar-refractivity contribution in [3.05, 3.63) is 34.4 Å². The molecule has 17 heavy (non-hydrogen) atoms. The van der Waals surface area contributed by atoms with Crippen LogP contribution in [0.3, 0.4) is 0 Å². The van der Waals surface area contributed by atoms with E-state index in [2.05, 4.69) is 43.0 Å². The summed E-state index contributed by atoms with van der Waals surface area (Å²) in [5, 5.41) is 3.08. The lowest BCUT2D eigenvalue weighted by Gasteiger charge is -2.11. The SMILES string of the molecule is COC(=O)CNCCc1c(C)cc(C)cc1C. The maximum atomic E-state index is 10.9. The van der Waals surface area contributed by atoms with E-state index in [1.165, 1.54) is 29.4 Å². The van der Waals surface area contributed by atoms with Crippen molar-refractivity contribution in [1.82, 2.24) is 5.32 Å². The summed E-state index contributed by atoms with van der Waals surface area (Å²) in [4.78, 5) is 10.9. The Bertz CT molecular complexity index is 376. The van der Waals surface area contributed by atoms with E-state index in [1.807, 2.05) is 0 Å². The summed E-state index contributed by atoms with van der Waals surface area (Å²) in [6.07, 6.45) is 0.939. The number of hydrogen-bond donors (Lipinski definition) is 1. The number of esters is 1. The zero-order valence-electron chi connectivity index (χ0n) is 11.1. The molecule has 0 fully saturated rings.